The molecule has 4 nitrogen and oxygen atoms in total. The van der Waals surface area contributed by atoms with Crippen molar-refractivity contribution in [2.75, 3.05) is 0 Å². The van der Waals surface area contributed by atoms with Gasteiger partial charge in [0.05, 0.1) is 6.10 Å². The molecule has 0 aliphatic heterocycles. The zero-order chi connectivity index (χ0) is 15.7. The number of ether oxygens (including phenoxy) is 1. The maximum atomic E-state index is 11.9. The summed E-state index contributed by atoms with van der Waals surface area (Å²) >= 11 is 0. The van der Waals surface area contributed by atoms with Gasteiger partial charge in [-0.3, -0.25) is 4.79 Å². The largest absolute Gasteiger partial charge is 0.508 e. The lowest BCUT2D eigenvalue weighted by Gasteiger charge is -2.17. The second-order valence-corrected chi connectivity index (χ2v) is 5.57. The maximum absolute atomic E-state index is 11.9. The van der Waals surface area contributed by atoms with Crippen LogP contribution < -0.4 is 5.73 Å². The fourth-order valence-corrected chi connectivity index (χ4v) is 2.17. The smallest absolute Gasteiger partial charge is 0.323 e. The third-order valence-electron chi connectivity index (χ3n) is 3.48. The molecule has 0 aliphatic carbocycles. The molecule has 0 fully saturated rings. The van der Waals surface area contributed by atoms with Crippen LogP contribution in [-0.4, -0.2) is 23.2 Å². The van der Waals surface area contributed by atoms with Crippen LogP contribution in [-0.2, 0) is 16.0 Å². The molecule has 1 aromatic rings. The first-order valence-electron chi connectivity index (χ1n) is 7.77. The van der Waals surface area contributed by atoms with Crippen LogP contribution in [0.5, 0.6) is 5.75 Å². The number of nitrogens with two attached hydrogens (primary N) is 1. The molecule has 0 amide bonds. The molecule has 0 spiro atoms. The fourth-order valence-electron chi connectivity index (χ4n) is 2.17. The van der Waals surface area contributed by atoms with E-state index in [0.29, 0.717) is 6.42 Å². The SMILES string of the molecule is CCCCCCC(C)OC(=O)[C@@H](N)Cc1ccc(O)cc1. The van der Waals surface area contributed by atoms with Gasteiger partial charge < -0.3 is 15.6 Å². The van der Waals surface area contributed by atoms with Gasteiger partial charge in [0, 0.05) is 0 Å². The van der Waals surface area contributed by atoms with Gasteiger partial charge in [0.25, 0.3) is 0 Å². The monoisotopic (exact) mass is 293 g/mol. The predicted octanol–water partition coefficient (Wildman–Crippen LogP) is 3.16. The van der Waals surface area contributed by atoms with E-state index in [2.05, 4.69) is 6.92 Å². The molecule has 0 radical (unpaired) electrons. The van der Waals surface area contributed by atoms with Crippen molar-refractivity contribution in [2.45, 2.75) is 64.5 Å². The summed E-state index contributed by atoms with van der Waals surface area (Å²) in [6.45, 7) is 4.09. The molecule has 1 rings (SSSR count). The quantitative estimate of drug-likeness (QED) is 0.542. The van der Waals surface area contributed by atoms with E-state index in [1.807, 2.05) is 6.92 Å². The third kappa shape index (κ3) is 7.14. The van der Waals surface area contributed by atoms with E-state index in [1.165, 1.54) is 19.3 Å². The standard InChI is InChI=1S/C17H27NO3/c1-3-4-5-6-7-13(2)21-17(20)16(18)12-14-8-10-15(19)11-9-14/h8-11,13,16,19H,3-7,12,18H2,1-2H3/t13?,16-/m0/s1. The van der Waals surface area contributed by atoms with Gasteiger partial charge in [-0.2, -0.15) is 0 Å². The number of esters is 1. The molecular weight excluding hydrogens is 266 g/mol. The van der Waals surface area contributed by atoms with Crippen LogP contribution in [0.2, 0.25) is 0 Å². The minimum absolute atomic E-state index is 0.0831. The van der Waals surface area contributed by atoms with Crippen LogP contribution in [0, 0.1) is 0 Å². The Kier molecular flexibility index (Phi) is 7.83. The second kappa shape index (κ2) is 9.40. The molecule has 0 aliphatic rings. The van der Waals surface area contributed by atoms with E-state index >= 15 is 0 Å². The Hall–Kier alpha value is -1.55. The first kappa shape index (κ1) is 17.5. The average molecular weight is 293 g/mol. The average Bonchev–Trinajstić information content (AvgIpc) is 2.46. The molecule has 3 N–H and O–H groups in total. The topological polar surface area (TPSA) is 72.5 Å². The fraction of sp³-hybridized carbons (Fsp3) is 0.588. The highest BCUT2D eigenvalue weighted by molar-refractivity contribution is 5.76. The van der Waals surface area contributed by atoms with Crippen LogP contribution in [0.1, 0.15) is 51.5 Å². The van der Waals surface area contributed by atoms with Gasteiger partial charge in [-0.05, 0) is 43.9 Å². The van der Waals surface area contributed by atoms with Crippen molar-refractivity contribution in [3.05, 3.63) is 29.8 Å². The Morgan fingerprint density at radius 1 is 1.24 bits per heavy atom. The number of carbonyl (C=O) groups is 1. The zero-order valence-electron chi connectivity index (χ0n) is 13.0. The van der Waals surface area contributed by atoms with Crippen molar-refractivity contribution in [1.29, 1.82) is 0 Å². The molecule has 0 saturated carbocycles. The maximum Gasteiger partial charge on any atom is 0.323 e. The normalized spacial score (nSPS) is 13.7. The molecule has 4 heteroatoms. The van der Waals surface area contributed by atoms with Gasteiger partial charge in [0.1, 0.15) is 11.8 Å². The van der Waals surface area contributed by atoms with E-state index in [1.54, 1.807) is 24.3 Å². The number of phenolic OH excluding ortho intramolecular Hbond substituents is 1. The molecule has 2 atom stereocenters. The summed E-state index contributed by atoms with van der Waals surface area (Å²) in [6, 6.07) is 6.04. The Labute approximate surface area is 127 Å². The Balaban J connectivity index is 2.31. The molecule has 1 unspecified atom stereocenters. The molecule has 0 saturated heterocycles. The number of carbonyl (C=O) groups excluding carboxylic acids is 1. The summed E-state index contributed by atoms with van der Waals surface area (Å²) in [7, 11) is 0. The highest BCUT2D eigenvalue weighted by Gasteiger charge is 2.18. The number of benzene rings is 1. The van der Waals surface area contributed by atoms with Crippen LogP contribution >= 0.6 is 0 Å². The lowest BCUT2D eigenvalue weighted by atomic mass is 10.1. The van der Waals surface area contributed by atoms with E-state index in [4.69, 9.17) is 10.5 Å². The van der Waals surface area contributed by atoms with Crippen LogP contribution in [0.4, 0.5) is 0 Å². The Morgan fingerprint density at radius 2 is 1.90 bits per heavy atom. The van der Waals surface area contributed by atoms with E-state index in [9.17, 15) is 9.90 Å². The summed E-state index contributed by atoms with van der Waals surface area (Å²) in [5, 5.41) is 9.22. The van der Waals surface area contributed by atoms with Gasteiger partial charge in [0.15, 0.2) is 0 Å². The predicted molar refractivity (Wildman–Crippen MR) is 84.1 cm³/mol. The highest BCUT2D eigenvalue weighted by atomic mass is 16.5. The molecule has 0 heterocycles. The minimum Gasteiger partial charge on any atom is -0.508 e. The second-order valence-electron chi connectivity index (χ2n) is 5.57. The summed E-state index contributed by atoms with van der Waals surface area (Å²) < 4.78 is 5.37. The van der Waals surface area contributed by atoms with E-state index in [-0.39, 0.29) is 17.8 Å². The minimum atomic E-state index is -0.660. The molecule has 0 aromatic heterocycles. The van der Waals surface area contributed by atoms with E-state index in [0.717, 1.165) is 18.4 Å². The van der Waals surface area contributed by atoms with Crippen LogP contribution in [0.15, 0.2) is 24.3 Å². The van der Waals surface area contributed by atoms with Crippen molar-refractivity contribution in [3.8, 4) is 5.75 Å². The first-order chi connectivity index (χ1) is 10.0. The third-order valence-corrected chi connectivity index (χ3v) is 3.48. The van der Waals surface area contributed by atoms with Crippen molar-refractivity contribution in [3.63, 3.8) is 0 Å². The number of phenols is 1. The highest BCUT2D eigenvalue weighted by Crippen LogP contribution is 2.12. The number of aromatic hydroxyl groups is 1. The molecule has 1 aromatic carbocycles. The Morgan fingerprint density at radius 3 is 2.52 bits per heavy atom. The number of unbranched alkanes of at least 4 members (excludes halogenated alkanes) is 3. The number of hydrogen-bond donors (Lipinski definition) is 2. The van der Waals surface area contributed by atoms with Crippen LogP contribution in [0.25, 0.3) is 0 Å². The van der Waals surface area contributed by atoms with Gasteiger partial charge in [-0.15, -0.1) is 0 Å². The summed E-state index contributed by atoms with van der Waals surface area (Å²) in [4.78, 5) is 11.9. The van der Waals surface area contributed by atoms with Gasteiger partial charge in [0.2, 0.25) is 0 Å². The molecule has 21 heavy (non-hydrogen) atoms. The van der Waals surface area contributed by atoms with Gasteiger partial charge in [-0.1, -0.05) is 38.3 Å². The van der Waals surface area contributed by atoms with E-state index < -0.39 is 6.04 Å². The zero-order valence-corrected chi connectivity index (χ0v) is 13.0. The molecule has 118 valence electrons. The number of rotatable bonds is 9. The Bertz CT molecular complexity index is 417. The first-order valence-corrected chi connectivity index (χ1v) is 7.77. The van der Waals surface area contributed by atoms with Crippen molar-refractivity contribution < 1.29 is 14.6 Å². The van der Waals surface area contributed by atoms with Crippen LogP contribution in [0.3, 0.4) is 0 Å². The van der Waals surface area contributed by atoms with Gasteiger partial charge >= 0.3 is 5.97 Å². The summed E-state index contributed by atoms with van der Waals surface area (Å²) in [5.41, 5.74) is 6.78. The summed E-state index contributed by atoms with van der Waals surface area (Å²) in [5.74, 6) is -0.151. The molecular formula is C17H27NO3. The molecule has 0 bridgehead atoms. The van der Waals surface area contributed by atoms with Crippen molar-refractivity contribution in [2.24, 2.45) is 5.73 Å². The van der Waals surface area contributed by atoms with Crippen molar-refractivity contribution in [1.82, 2.24) is 0 Å². The summed E-state index contributed by atoms with van der Waals surface area (Å²) in [6.07, 6.45) is 5.90. The number of hydrogen-bond acceptors (Lipinski definition) is 4. The van der Waals surface area contributed by atoms with Crippen molar-refractivity contribution >= 4 is 5.97 Å². The van der Waals surface area contributed by atoms with Gasteiger partial charge in [-0.25, -0.2) is 0 Å². The lowest BCUT2D eigenvalue weighted by Crippen LogP contribution is -2.36. The lowest BCUT2D eigenvalue weighted by molar-refractivity contribution is -0.150.